The molecule has 86 valence electrons. The molecule has 1 aliphatic carbocycles. The summed E-state index contributed by atoms with van der Waals surface area (Å²) in [6.45, 7) is 0. The van der Waals surface area contributed by atoms with E-state index in [1.54, 1.807) is 12.3 Å². The molecule has 0 radical (unpaired) electrons. The monoisotopic (exact) mass is 220 g/mol. The van der Waals surface area contributed by atoms with E-state index in [2.05, 4.69) is 9.97 Å². The minimum Gasteiger partial charge on any atom is -0.481 e. The number of nitrogens with zero attached hydrogens (tertiary/aromatic N) is 2. The van der Waals surface area contributed by atoms with E-state index in [-0.39, 0.29) is 5.92 Å². The number of carbonyl (C=O) groups is 1. The summed E-state index contributed by atoms with van der Waals surface area (Å²) in [4.78, 5) is 19.3. The number of hydrogen-bond acceptors (Lipinski definition) is 3. The van der Waals surface area contributed by atoms with Gasteiger partial charge in [-0.3, -0.25) is 4.79 Å². The first kappa shape index (κ1) is 11.0. The van der Waals surface area contributed by atoms with Crippen molar-refractivity contribution in [1.82, 2.24) is 9.97 Å². The van der Waals surface area contributed by atoms with Crippen molar-refractivity contribution in [2.24, 2.45) is 5.92 Å². The van der Waals surface area contributed by atoms with E-state index in [1.165, 1.54) is 12.7 Å². The summed E-state index contributed by atoms with van der Waals surface area (Å²) in [6, 6.07) is 1.72. The van der Waals surface area contributed by atoms with Crippen molar-refractivity contribution in [1.29, 1.82) is 0 Å². The third-order valence-electron chi connectivity index (χ3n) is 3.31. The summed E-state index contributed by atoms with van der Waals surface area (Å²) in [5.74, 6) is -0.977. The highest BCUT2D eigenvalue weighted by Gasteiger charge is 2.31. The molecule has 1 atom stereocenters. The summed E-state index contributed by atoms with van der Waals surface area (Å²) in [7, 11) is 0. The van der Waals surface area contributed by atoms with E-state index >= 15 is 0 Å². The highest BCUT2D eigenvalue weighted by atomic mass is 16.4. The Bertz CT molecular complexity index is 347. The lowest BCUT2D eigenvalue weighted by Gasteiger charge is -2.26. The van der Waals surface area contributed by atoms with E-state index in [0.717, 1.165) is 25.7 Å². The first-order valence-corrected chi connectivity index (χ1v) is 5.78. The molecule has 1 aromatic rings. The van der Waals surface area contributed by atoms with Crippen LogP contribution in [0.15, 0.2) is 18.6 Å². The van der Waals surface area contributed by atoms with Crippen LogP contribution in [0.5, 0.6) is 0 Å². The molecule has 4 heteroatoms. The fourth-order valence-corrected chi connectivity index (χ4v) is 2.52. The van der Waals surface area contributed by atoms with Crippen molar-refractivity contribution < 1.29 is 9.90 Å². The fourth-order valence-electron chi connectivity index (χ4n) is 2.52. The Morgan fingerprint density at radius 1 is 1.38 bits per heavy atom. The Kier molecular flexibility index (Phi) is 3.49. The quantitative estimate of drug-likeness (QED) is 0.848. The second-order valence-electron chi connectivity index (χ2n) is 4.35. The van der Waals surface area contributed by atoms with Crippen molar-refractivity contribution >= 4 is 5.97 Å². The normalized spacial score (nSPS) is 19.2. The number of carboxylic acid groups (broad SMARTS) is 1. The number of aliphatic carboxylic acids is 1. The third kappa shape index (κ3) is 2.38. The first-order chi connectivity index (χ1) is 7.79. The molecule has 0 aliphatic heterocycles. The van der Waals surface area contributed by atoms with Gasteiger partial charge < -0.3 is 5.11 Å². The van der Waals surface area contributed by atoms with Gasteiger partial charge in [-0.15, -0.1) is 0 Å². The molecule has 1 aromatic heterocycles. The van der Waals surface area contributed by atoms with Crippen LogP contribution < -0.4 is 0 Å². The lowest BCUT2D eigenvalue weighted by molar-refractivity contribution is -0.140. The van der Waals surface area contributed by atoms with Gasteiger partial charge in [0.2, 0.25) is 0 Å². The van der Waals surface area contributed by atoms with E-state index in [9.17, 15) is 9.90 Å². The van der Waals surface area contributed by atoms with E-state index in [4.69, 9.17) is 0 Å². The molecule has 0 saturated heterocycles. The number of hydrogen-bond donors (Lipinski definition) is 1. The van der Waals surface area contributed by atoms with E-state index in [1.807, 2.05) is 0 Å². The van der Waals surface area contributed by atoms with Crippen LogP contribution in [0.25, 0.3) is 0 Å². The number of carboxylic acids is 1. The largest absolute Gasteiger partial charge is 0.481 e. The molecule has 0 spiro atoms. The first-order valence-electron chi connectivity index (χ1n) is 5.78. The maximum absolute atomic E-state index is 11.3. The smallest absolute Gasteiger partial charge is 0.312 e. The average Bonchev–Trinajstić information content (AvgIpc) is 2.31. The van der Waals surface area contributed by atoms with Crippen molar-refractivity contribution in [3.63, 3.8) is 0 Å². The molecule has 1 N–H and O–H groups in total. The Morgan fingerprint density at radius 2 is 2.12 bits per heavy atom. The molecule has 1 fully saturated rings. The van der Waals surface area contributed by atoms with Crippen LogP contribution in [0.2, 0.25) is 0 Å². The average molecular weight is 220 g/mol. The van der Waals surface area contributed by atoms with Crippen molar-refractivity contribution in [3.05, 3.63) is 24.3 Å². The van der Waals surface area contributed by atoms with Crippen LogP contribution in [0.1, 0.15) is 43.7 Å². The zero-order valence-electron chi connectivity index (χ0n) is 9.17. The lowest BCUT2D eigenvalue weighted by atomic mass is 9.78. The maximum atomic E-state index is 11.3. The summed E-state index contributed by atoms with van der Waals surface area (Å²) in [5, 5.41) is 9.32. The van der Waals surface area contributed by atoms with Crippen LogP contribution in [0, 0.1) is 5.92 Å². The van der Waals surface area contributed by atoms with Crippen LogP contribution >= 0.6 is 0 Å². The second kappa shape index (κ2) is 5.05. The summed E-state index contributed by atoms with van der Waals surface area (Å²) in [5.41, 5.74) is 0.648. The van der Waals surface area contributed by atoms with E-state index < -0.39 is 11.9 Å². The molecular weight excluding hydrogens is 204 g/mol. The topological polar surface area (TPSA) is 63.1 Å². The van der Waals surface area contributed by atoms with Gasteiger partial charge in [-0.2, -0.15) is 0 Å². The van der Waals surface area contributed by atoms with Gasteiger partial charge in [-0.05, 0) is 24.8 Å². The molecule has 1 heterocycles. The van der Waals surface area contributed by atoms with Crippen LogP contribution in [-0.4, -0.2) is 21.0 Å². The van der Waals surface area contributed by atoms with Gasteiger partial charge in [0.1, 0.15) is 12.2 Å². The van der Waals surface area contributed by atoms with Gasteiger partial charge in [0, 0.05) is 6.20 Å². The summed E-state index contributed by atoms with van der Waals surface area (Å²) in [6.07, 6.45) is 8.54. The van der Waals surface area contributed by atoms with Gasteiger partial charge in [0.15, 0.2) is 0 Å². The summed E-state index contributed by atoms with van der Waals surface area (Å²) < 4.78 is 0. The lowest BCUT2D eigenvalue weighted by Crippen LogP contribution is -2.24. The zero-order valence-corrected chi connectivity index (χ0v) is 9.17. The van der Waals surface area contributed by atoms with Crippen molar-refractivity contribution in [2.45, 2.75) is 38.0 Å². The van der Waals surface area contributed by atoms with Crippen LogP contribution in [0.4, 0.5) is 0 Å². The molecule has 0 aromatic carbocycles. The Balaban J connectivity index is 2.20. The minimum absolute atomic E-state index is 0.237. The van der Waals surface area contributed by atoms with Crippen LogP contribution in [0.3, 0.4) is 0 Å². The van der Waals surface area contributed by atoms with Gasteiger partial charge in [0.05, 0.1) is 5.69 Å². The molecule has 1 aliphatic rings. The predicted octanol–water partition coefficient (Wildman–Crippen LogP) is 2.23. The molecular formula is C12H16N2O2. The predicted molar refractivity (Wildman–Crippen MR) is 59.0 cm³/mol. The van der Waals surface area contributed by atoms with Crippen molar-refractivity contribution in [3.8, 4) is 0 Å². The standard InChI is InChI=1S/C12H16N2O2/c15-12(16)11(9-4-2-1-3-5-9)10-6-7-13-8-14-10/h6-9,11H,1-5H2,(H,15,16). The minimum atomic E-state index is -0.759. The second-order valence-corrected chi connectivity index (χ2v) is 4.35. The van der Waals surface area contributed by atoms with Crippen LogP contribution in [-0.2, 0) is 4.79 Å². The molecule has 1 unspecified atom stereocenters. The fraction of sp³-hybridized carbons (Fsp3) is 0.583. The third-order valence-corrected chi connectivity index (χ3v) is 3.31. The highest BCUT2D eigenvalue weighted by molar-refractivity contribution is 5.75. The Hall–Kier alpha value is -1.45. The maximum Gasteiger partial charge on any atom is 0.312 e. The zero-order chi connectivity index (χ0) is 11.4. The highest BCUT2D eigenvalue weighted by Crippen LogP contribution is 2.35. The number of rotatable bonds is 3. The number of aromatic nitrogens is 2. The Morgan fingerprint density at radius 3 is 2.69 bits per heavy atom. The molecule has 0 amide bonds. The van der Waals surface area contributed by atoms with Gasteiger partial charge in [0.25, 0.3) is 0 Å². The van der Waals surface area contributed by atoms with Gasteiger partial charge >= 0.3 is 5.97 Å². The molecule has 1 saturated carbocycles. The van der Waals surface area contributed by atoms with Crippen molar-refractivity contribution in [2.75, 3.05) is 0 Å². The SMILES string of the molecule is O=C(O)C(c1ccncn1)C1CCCCC1. The van der Waals surface area contributed by atoms with Gasteiger partial charge in [-0.25, -0.2) is 9.97 Å². The molecule has 0 bridgehead atoms. The summed E-state index contributed by atoms with van der Waals surface area (Å²) >= 11 is 0. The molecule has 16 heavy (non-hydrogen) atoms. The molecule has 2 rings (SSSR count). The van der Waals surface area contributed by atoms with E-state index in [0.29, 0.717) is 5.69 Å². The molecule has 4 nitrogen and oxygen atoms in total. The Labute approximate surface area is 94.7 Å². The van der Waals surface area contributed by atoms with Gasteiger partial charge in [-0.1, -0.05) is 19.3 Å².